The quantitative estimate of drug-likeness (QED) is 0.227. The summed E-state index contributed by atoms with van der Waals surface area (Å²) in [5, 5.41) is 12.0. The van der Waals surface area contributed by atoms with Gasteiger partial charge in [-0.2, -0.15) is 5.10 Å². The highest BCUT2D eigenvalue weighted by Gasteiger charge is 2.31. The molecule has 2 aromatic carbocycles. The lowest BCUT2D eigenvalue weighted by Gasteiger charge is -2.23. The van der Waals surface area contributed by atoms with Crippen molar-refractivity contribution in [2.24, 2.45) is 0 Å². The zero-order valence-electron chi connectivity index (χ0n) is 22.9. The van der Waals surface area contributed by atoms with Crippen LogP contribution in [0.3, 0.4) is 0 Å². The maximum absolute atomic E-state index is 13.0. The van der Waals surface area contributed by atoms with Crippen molar-refractivity contribution in [2.45, 2.75) is 43.5 Å². The fraction of sp³-hybridized carbons (Fsp3) is 0.286. The number of halogens is 3. The number of piperidine rings is 1. The molecular formula is C28H27F3N8O3S. The average Bonchev–Trinajstić information content (AvgIpc) is 3.42. The molecule has 3 N–H and O–H groups in total. The summed E-state index contributed by atoms with van der Waals surface area (Å²) < 4.78 is 71.3. The Bertz CT molecular complexity index is 1890. The van der Waals surface area contributed by atoms with E-state index in [0.717, 1.165) is 78.6 Å². The average molecular weight is 613 g/mol. The molecule has 15 heteroatoms. The number of sulfonamides is 1. The van der Waals surface area contributed by atoms with E-state index >= 15 is 0 Å². The predicted octanol–water partition coefficient (Wildman–Crippen LogP) is 4.77. The maximum Gasteiger partial charge on any atom is 0.573 e. The second-order valence-electron chi connectivity index (χ2n) is 10.1. The summed E-state index contributed by atoms with van der Waals surface area (Å²) in [6, 6.07) is 11.6. The first kappa shape index (κ1) is 28.6. The topological polar surface area (TPSA) is 135 Å². The van der Waals surface area contributed by atoms with Crippen LogP contribution in [0.2, 0.25) is 0 Å². The van der Waals surface area contributed by atoms with Gasteiger partial charge in [-0.3, -0.25) is 4.72 Å². The summed E-state index contributed by atoms with van der Waals surface area (Å²) in [6.45, 7) is 3.93. The number of anilines is 2. The molecule has 1 fully saturated rings. The Hall–Kier alpha value is -4.50. The number of rotatable bonds is 8. The smallest absolute Gasteiger partial charge is 0.406 e. The van der Waals surface area contributed by atoms with Crippen LogP contribution in [0, 0.1) is 0 Å². The molecule has 3 aromatic heterocycles. The minimum Gasteiger partial charge on any atom is -0.406 e. The third-order valence-electron chi connectivity index (χ3n) is 7.12. The van der Waals surface area contributed by atoms with E-state index in [1.54, 1.807) is 22.8 Å². The molecule has 4 heterocycles. The first-order valence-corrected chi connectivity index (χ1v) is 15.1. The van der Waals surface area contributed by atoms with Crippen LogP contribution in [0.1, 0.15) is 25.3 Å². The number of benzene rings is 2. The highest BCUT2D eigenvalue weighted by atomic mass is 32.2. The number of alkyl halides is 3. The van der Waals surface area contributed by atoms with Gasteiger partial charge in [-0.1, -0.05) is 6.92 Å². The van der Waals surface area contributed by atoms with Crippen LogP contribution in [0.4, 0.5) is 24.9 Å². The number of hydrogen-bond donors (Lipinski definition) is 3. The number of fused-ring (bicyclic) bond motifs is 2. The molecule has 0 spiro atoms. The van der Waals surface area contributed by atoms with Gasteiger partial charge in [-0.25, -0.2) is 27.9 Å². The van der Waals surface area contributed by atoms with Gasteiger partial charge in [-0.15, -0.1) is 13.2 Å². The highest BCUT2D eigenvalue weighted by molar-refractivity contribution is 7.92. The van der Waals surface area contributed by atoms with Crippen molar-refractivity contribution in [1.29, 1.82) is 0 Å². The number of aryl methyl sites for hydroxylation is 1. The minimum absolute atomic E-state index is 0.00428. The van der Waals surface area contributed by atoms with Crippen LogP contribution in [0.5, 0.6) is 5.75 Å². The second-order valence-corrected chi connectivity index (χ2v) is 11.7. The Kier molecular flexibility index (Phi) is 7.52. The van der Waals surface area contributed by atoms with Gasteiger partial charge in [0.05, 0.1) is 16.1 Å². The number of hydrogen-bond acceptors (Lipinski definition) is 9. The minimum atomic E-state index is -4.89. The Labute approximate surface area is 244 Å². The van der Waals surface area contributed by atoms with Crippen LogP contribution in [-0.4, -0.2) is 58.5 Å². The van der Waals surface area contributed by atoms with Crippen LogP contribution in [-0.2, 0) is 16.4 Å². The first-order valence-electron chi connectivity index (χ1n) is 13.6. The molecule has 0 amide bonds. The number of ether oxygens (including phenoxy) is 1. The Morgan fingerprint density at radius 2 is 1.93 bits per heavy atom. The standard InChI is InChI=1S/C28H27F3N8O3S/c1-2-17-12-18(13-19-14-33-27(37-25(17)19)36-20-4-3-11-32-15-20)23-9-10-24-26(34-16-35-39(23)24)38-43(40,41)22-7-5-21(6-8-22)42-28(29,30)31/h5-10,12-14,16,20,32H,2-4,11,15H2,1H3,(H,33,36,37)(H,34,35,38). The SMILES string of the molecule is CCc1cc(-c2ccc3c(NS(=O)(=O)c4ccc(OC(F)(F)F)cc4)ncnn23)cc2cnc(NC3CCCNC3)nc12. The summed E-state index contributed by atoms with van der Waals surface area (Å²) in [6.07, 6.45) is 0.998. The molecule has 11 nitrogen and oxygen atoms in total. The molecule has 5 aromatic rings. The van der Waals surface area contributed by atoms with E-state index in [0.29, 0.717) is 17.2 Å². The van der Waals surface area contributed by atoms with Crippen molar-refractivity contribution in [3.8, 4) is 17.0 Å². The molecule has 0 radical (unpaired) electrons. The molecule has 1 aliphatic rings. The van der Waals surface area contributed by atoms with Gasteiger partial charge in [0.15, 0.2) is 5.82 Å². The van der Waals surface area contributed by atoms with E-state index in [2.05, 4.69) is 35.2 Å². The van der Waals surface area contributed by atoms with Crippen molar-refractivity contribution in [3.05, 3.63) is 66.6 Å². The van der Waals surface area contributed by atoms with E-state index in [4.69, 9.17) is 4.98 Å². The molecule has 1 unspecified atom stereocenters. The van der Waals surface area contributed by atoms with E-state index < -0.39 is 22.1 Å². The molecule has 1 aliphatic heterocycles. The van der Waals surface area contributed by atoms with Gasteiger partial charge >= 0.3 is 6.36 Å². The molecule has 0 bridgehead atoms. The summed E-state index contributed by atoms with van der Waals surface area (Å²) in [5.41, 5.74) is 3.77. The van der Waals surface area contributed by atoms with Gasteiger partial charge in [0.25, 0.3) is 10.0 Å². The lowest BCUT2D eigenvalue weighted by Crippen LogP contribution is -2.38. The van der Waals surface area contributed by atoms with Gasteiger partial charge in [0, 0.05) is 29.7 Å². The summed E-state index contributed by atoms with van der Waals surface area (Å²) in [4.78, 5) is 13.2. The molecule has 1 saturated heterocycles. The largest absolute Gasteiger partial charge is 0.573 e. The van der Waals surface area contributed by atoms with Gasteiger partial charge in [0.2, 0.25) is 5.95 Å². The fourth-order valence-electron chi connectivity index (χ4n) is 5.10. The van der Waals surface area contributed by atoms with Crippen LogP contribution >= 0.6 is 0 Å². The number of aromatic nitrogens is 5. The van der Waals surface area contributed by atoms with Gasteiger partial charge < -0.3 is 15.4 Å². The molecule has 1 atom stereocenters. The van der Waals surface area contributed by atoms with Gasteiger partial charge in [0.1, 0.15) is 17.6 Å². The van der Waals surface area contributed by atoms with E-state index in [-0.39, 0.29) is 16.8 Å². The van der Waals surface area contributed by atoms with Crippen molar-refractivity contribution < 1.29 is 26.3 Å². The summed E-state index contributed by atoms with van der Waals surface area (Å²) >= 11 is 0. The van der Waals surface area contributed by atoms with Crippen LogP contribution in [0.15, 0.2) is 66.0 Å². The summed E-state index contributed by atoms with van der Waals surface area (Å²) in [7, 11) is -4.19. The zero-order chi connectivity index (χ0) is 30.2. The van der Waals surface area contributed by atoms with Gasteiger partial charge in [-0.05, 0) is 79.9 Å². The third-order valence-corrected chi connectivity index (χ3v) is 8.47. The monoisotopic (exact) mass is 612 g/mol. The predicted molar refractivity (Wildman–Crippen MR) is 154 cm³/mol. The molecule has 43 heavy (non-hydrogen) atoms. The van der Waals surface area contributed by atoms with E-state index in [1.807, 2.05) is 19.1 Å². The van der Waals surface area contributed by atoms with Crippen LogP contribution < -0.4 is 20.1 Å². The number of nitrogens with one attached hydrogen (secondary N) is 3. The lowest BCUT2D eigenvalue weighted by molar-refractivity contribution is -0.274. The lowest BCUT2D eigenvalue weighted by atomic mass is 10.0. The molecule has 6 rings (SSSR count). The summed E-state index contributed by atoms with van der Waals surface area (Å²) in [5.74, 6) is 0.0574. The normalized spacial score (nSPS) is 16.0. The van der Waals surface area contributed by atoms with Crippen molar-refractivity contribution in [3.63, 3.8) is 0 Å². The third kappa shape index (κ3) is 6.17. The molecule has 0 aliphatic carbocycles. The van der Waals surface area contributed by atoms with E-state index in [1.165, 1.54) is 6.33 Å². The van der Waals surface area contributed by atoms with Crippen molar-refractivity contribution in [1.82, 2.24) is 29.9 Å². The Morgan fingerprint density at radius 3 is 2.65 bits per heavy atom. The van der Waals surface area contributed by atoms with Crippen molar-refractivity contribution >= 4 is 38.2 Å². The van der Waals surface area contributed by atoms with E-state index in [9.17, 15) is 21.6 Å². The molecule has 224 valence electrons. The number of nitrogens with zero attached hydrogens (tertiary/aromatic N) is 5. The Balaban J connectivity index is 1.29. The van der Waals surface area contributed by atoms with Crippen LogP contribution in [0.25, 0.3) is 27.7 Å². The first-order chi connectivity index (χ1) is 20.6. The molecular weight excluding hydrogens is 585 g/mol. The maximum atomic E-state index is 13.0. The Morgan fingerprint density at radius 1 is 1.12 bits per heavy atom. The molecule has 0 saturated carbocycles. The second kappa shape index (κ2) is 11.3. The fourth-order valence-corrected chi connectivity index (χ4v) is 6.13. The van der Waals surface area contributed by atoms with Crippen molar-refractivity contribution in [2.75, 3.05) is 23.1 Å². The highest BCUT2D eigenvalue weighted by Crippen LogP contribution is 2.31. The zero-order valence-corrected chi connectivity index (χ0v) is 23.7.